The number of benzene rings is 1. The summed E-state index contributed by atoms with van der Waals surface area (Å²) in [5.74, 6) is -1.17. The van der Waals surface area contributed by atoms with E-state index in [1.807, 2.05) is 0 Å². The van der Waals surface area contributed by atoms with Crippen LogP contribution < -0.4 is 4.72 Å². The highest BCUT2D eigenvalue weighted by Gasteiger charge is 2.19. The number of carbonyl (C=O) groups is 1. The molecule has 0 fully saturated rings. The number of hydrogen-bond donors (Lipinski definition) is 2. The third-order valence-electron chi connectivity index (χ3n) is 2.69. The van der Waals surface area contributed by atoms with E-state index < -0.39 is 16.0 Å². The van der Waals surface area contributed by atoms with Gasteiger partial charge in [0.05, 0.1) is 16.6 Å². The molecule has 0 aliphatic heterocycles. The molecule has 0 saturated carbocycles. The summed E-state index contributed by atoms with van der Waals surface area (Å²) in [6, 6.07) is 3.99. The van der Waals surface area contributed by atoms with Crippen LogP contribution in [0.5, 0.6) is 0 Å². The summed E-state index contributed by atoms with van der Waals surface area (Å²) in [6.45, 7) is 3.46. The quantitative estimate of drug-likeness (QED) is 0.814. The van der Waals surface area contributed by atoms with E-state index in [9.17, 15) is 13.2 Å². The minimum atomic E-state index is -3.75. The lowest BCUT2D eigenvalue weighted by Gasteiger charge is -2.13. The molecule has 1 aromatic carbocycles. The lowest BCUT2D eigenvalue weighted by atomic mass is 10.1. The first kappa shape index (κ1) is 15.6. The number of aromatic carboxylic acids is 1. The van der Waals surface area contributed by atoms with Gasteiger partial charge in [-0.05, 0) is 31.5 Å². The lowest BCUT2D eigenvalue weighted by Crippen LogP contribution is -2.32. The average molecular weight is 287 g/mol. The number of sulfonamides is 1. The highest BCUT2D eigenvalue weighted by atomic mass is 32.2. The van der Waals surface area contributed by atoms with Gasteiger partial charge in [-0.3, -0.25) is 0 Å². The fourth-order valence-corrected chi connectivity index (χ4v) is 2.79. The van der Waals surface area contributed by atoms with Crippen molar-refractivity contribution in [3.05, 3.63) is 29.3 Å². The second-order valence-electron chi connectivity index (χ2n) is 4.18. The second kappa shape index (κ2) is 6.14. The van der Waals surface area contributed by atoms with E-state index >= 15 is 0 Å². The Labute approximate surface area is 112 Å². The van der Waals surface area contributed by atoms with Gasteiger partial charge in [0, 0.05) is 13.7 Å². The molecule has 1 unspecified atom stereocenters. The van der Waals surface area contributed by atoms with E-state index in [0.29, 0.717) is 5.56 Å². The molecular formula is C12H17NO5S. The van der Waals surface area contributed by atoms with Crippen LogP contribution in [0, 0.1) is 6.92 Å². The topological polar surface area (TPSA) is 92.7 Å². The molecule has 0 aromatic heterocycles. The van der Waals surface area contributed by atoms with Crippen LogP contribution in [-0.4, -0.2) is 39.3 Å². The first-order chi connectivity index (χ1) is 8.77. The van der Waals surface area contributed by atoms with E-state index in [-0.39, 0.29) is 23.1 Å². The van der Waals surface area contributed by atoms with Crippen molar-refractivity contribution in [1.82, 2.24) is 4.72 Å². The maximum atomic E-state index is 12.1. The van der Waals surface area contributed by atoms with Crippen LogP contribution in [0.4, 0.5) is 0 Å². The molecule has 0 aliphatic carbocycles. The standard InChI is InChI=1S/C12H17NO5S/c1-8-4-5-10(12(14)15)6-11(8)19(16,17)13-7-9(2)18-3/h4-6,9,13H,7H2,1-3H3,(H,14,15). The van der Waals surface area contributed by atoms with Crippen LogP contribution in [-0.2, 0) is 14.8 Å². The number of carboxylic acids is 1. The molecule has 106 valence electrons. The maximum Gasteiger partial charge on any atom is 0.335 e. The summed E-state index contributed by atoms with van der Waals surface area (Å²) in [5.41, 5.74) is 0.424. The number of carboxylic acid groups (broad SMARTS) is 1. The summed E-state index contributed by atoms with van der Waals surface area (Å²) in [7, 11) is -2.26. The molecule has 0 heterocycles. The van der Waals surface area contributed by atoms with Crippen LogP contribution in [0.3, 0.4) is 0 Å². The van der Waals surface area contributed by atoms with Crippen molar-refractivity contribution in [2.24, 2.45) is 0 Å². The first-order valence-electron chi connectivity index (χ1n) is 5.64. The molecule has 0 aliphatic rings. The zero-order valence-electron chi connectivity index (χ0n) is 11.0. The Bertz CT molecular complexity index is 567. The van der Waals surface area contributed by atoms with E-state index in [0.717, 1.165) is 6.07 Å². The van der Waals surface area contributed by atoms with Crippen molar-refractivity contribution in [1.29, 1.82) is 0 Å². The maximum absolute atomic E-state index is 12.1. The summed E-state index contributed by atoms with van der Waals surface area (Å²) in [6.07, 6.45) is -0.266. The predicted octanol–water partition coefficient (Wildman–Crippen LogP) is 1.01. The van der Waals surface area contributed by atoms with Gasteiger partial charge in [0.25, 0.3) is 0 Å². The summed E-state index contributed by atoms with van der Waals surface area (Å²) in [4.78, 5) is 10.8. The molecule has 0 radical (unpaired) electrons. The number of rotatable bonds is 6. The smallest absolute Gasteiger partial charge is 0.335 e. The molecule has 1 aromatic rings. The Morgan fingerprint density at radius 2 is 2.11 bits per heavy atom. The van der Waals surface area contributed by atoms with E-state index in [2.05, 4.69) is 4.72 Å². The Hall–Kier alpha value is -1.44. The molecule has 6 nitrogen and oxygen atoms in total. The highest BCUT2D eigenvalue weighted by molar-refractivity contribution is 7.89. The SMILES string of the molecule is COC(C)CNS(=O)(=O)c1cc(C(=O)O)ccc1C. The Morgan fingerprint density at radius 3 is 2.63 bits per heavy atom. The van der Waals surface area contributed by atoms with Crippen molar-refractivity contribution in [3.8, 4) is 0 Å². The van der Waals surface area contributed by atoms with E-state index in [1.54, 1.807) is 13.8 Å². The van der Waals surface area contributed by atoms with E-state index in [4.69, 9.17) is 9.84 Å². The van der Waals surface area contributed by atoms with Crippen LogP contribution in [0.1, 0.15) is 22.8 Å². The molecule has 2 N–H and O–H groups in total. The third-order valence-corrected chi connectivity index (χ3v) is 4.25. The fourth-order valence-electron chi connectivity index (χ4n) is 1.41. The number of nitrogens with one attached hydrogen (secondary N) is 1. The van der Waals surface area contributed by atoms with E-state index in [1.165, 1.54) is 19.2 Å². The van der Waals surface area contributed by atoms with Crippen LogP contribution in [0.15, 0.2) is 23.1 Å². The number of hydrogen-bond acceptors (Lipinski definition) is 4. The summed E-state index contributed by atoms with van der Waals surface area (Å²) < 4.78 is 31.5. The van der Waals surface area contributed by atoms with Crippen molar-refractivity contribution in [2.75, 3.05) is 13.7 Å². The van der Waals surface area contributed by atoms with Crippen LogP contribution in [0.2, 0.25) is 0 Å². The third kappa shape index (κ3) is 4.02. The van der Waals surface area contributed by atoms with Crippen molar-refractivity contribution >= 4 is 16.0 Å². The van der Waals surface area contributed by atoms with Crippen molar-refractivity contribution < 1.29 is 23.1 Å². The van der Waals surface area contributed by atoms with Gasteiger partial charge in [-0.1, -0.05) is 6.07 Å². The molecule has 1 atom stereocenters. The minimum absolute atomic E-state index is 0.0318. The molecular weight excluding hydrogens is 270 g/mol. The van der Waals surface area contributed by atoms with Crippen LogP contribution >= 0.6 is 0 Å². The van der Waals surface area contributed by atoms with Crippen molar-refractivity contribution in [3.63, 3.8) is 0 Å². The minimum Gasteiger partial charge on any atom is -0.478 e. The summed E-state index contributed by atoms with van der Waals surface area (Å²) >= 11 is 0. The zero-order chi connectivity index (χ0) is 14.6. The Morgan fingerprint density at radius 1 is 1.47 bits per heavy atom. The number of ether oxygens (including phenoxy) is 1. The number of methoxy groups -OCH3 is 1. The fraction of sp³-hybridized carbons (Fsp3) is 0.417. The van der Waals surface area contributed by atoms with Gasteiger partial charge < -0.3 is 9.84 Å². The molecule has 1 rings (SSSR count). The van der Waals surface area contributed by atoms with Gasteiger partial charge >= 0.3 is 5.97 Å². The molecule has 0 bridgehead atoms. The first-order valence-corrected chi connectivity index (χ1v) is 7.12. The molecule has 19 heavy (non-hydrogen) atoms. The lowest BCUT2D eigenvalue weighted by molar-refractivity contribution is 0.0696. The molecule has 0 spiro atoms. The predicted molar refractivity (Wildman–Crippen MR) is 69.8 cm³/mol. The second-order valence-corrected chi connectivity index (χ2v) is 5.92. The Balaban J connectivity index is 3.06. The van der Waals surface area contributed by atoms with Gasteiger partial charge in [0.15, 0.2) is 0 Å². The molecule has 0 amide bonds. The van der Waals surface area contributed by atoms with Crippen LogP contribution in [0.25, 0.3) is 0 Å². The van der Waals surface area contributed by atoms with Gasteiger partial charge in [0.1, 0.15) is 0 Å². The average Bonchev–Trinajstić information content (AvgIpc) is 2.36. The van der Waals surface area contributed by atoms with Gasteiger partial charge in [-0.2, -0.15) is 0 Å². The molecule has 7 heteroatoms. The summed E-state index contributed by atoms with van der Waals surface area (Å²) in [5, 5.41) is 8.89. The number of aryl methyl sites for hydroxylation is 1. The van der Waals surface area contributed by atoms with Gasteiger partial charge in [-0.15, -0.1) is 0 Å². The largest absolute Gasteiger partial charge is 0.478 e. The molecule has 0 saturated heterocycles. The zero-order valence-corrected chi connectivity index (χ0v) is 11.8. The van der Waals surface area contributed by atoms with Crippen molar-refractivity contribution in [2.45, 2.75) is 24.8 Å². The Kier molecular flexibility index (Phi) is 5.04. The van der Waals surface area contributed by atoms with Gasteiger partial charge in [-0.25, -0.2) is 17.9 Å². The monoisotopic (exact) mass is 287 g/mol. The highest BCUT2D eigenvalue weighted by Crippen LogP contribution is 2.17. The normalized spacial score (nSPS) is 13.2. The van der Waals surface area contributed by atoms with Gasteiger partial charge in [0.2, 0.25) is 10.0 Å².